The maximum atomic E-state index is 12.0. The van der Waals surface area contributed by atoms with E-state index >= 15 is 0 Å². The highest BCUT2D eigenvalue weighted by Gasteiger charge is 2.11. The number of hydrogen-bond donors (Lipinski definition) is 1. The van der Waals surface area contributed by atoms with E-state index in [1.165, 1.54) is 6.20 Å². The van der Waals surface area contributed by atoms with Gasteiger partial charge in [-0.25, -0.2) is 9.78 Å². The molecular formula is C15H17N3O2. The predicted octanol–water partition coefficient (Wildman–Crippen LogP) is 2.82. The van der Waals surface area contributed by atoms with Crippen LogP contribution in [0.25, 0.3) is 0 Å². The summed E-state index contributed by atoms with van der Waals surface area (Å²) in [6.45, 7) is 5.88. The van der Waals surface area contributed by atoms with Crippen molar-refractivity contribution in [2.24, 2.45) is 0 Å². The summed E-state index contributed by atoms with van der Waals surface area (Å²) in [6.07, 6.45) is 1.52. The lowest BCUT2D eigenvalue weighted by Crippen LogP contribution is -2.15. The smallest absolute Gasteiger partial charge is 0.362 e. The van der Waals surface area contributed by atoms with Crippen LogP contribution in [-0.2, 0) is 0 Å². The number of aryl methyl sites for hydroxylation is 1. The zero-order valence-electron chi connectivity index (χ0n) is 11.8. The first-order valence-corrected chi connectivity index (χ1v) is 6.43. The predicted molar refractivity (Wildman–Crippen MR) is 76.9 cm³/mol. The lowest BCUT2D eigenvalue weighted by molar-refractivity contribution is 0.0728. The van der Waals surface area contributed by atoms with Gasteiger partial charge in [-0.2, -0.15) is 0 Å². The average molecular weight is 271 g/mol. The van der Waals surface area contributed by atoms with Crippen LogP contribution in [0.4, 0.5) is 5.82 Å². The Kier molecular flexibility index (Phi) is 4.30. The van der Waals surface area contributed by atoms with Crippen molar-refractivity contribution in [2.75, 3.05) is 5.32 Å². The van der Waals surface area contributed by atoms with Gasteiger partial charge in [0.1, 0.15) is 11.6 Å². The number of anilines is 1. The van der Waals surface area contributed by atoms with Crippen molar-refractivity contribution in [3.8, 4) is 5.75 Å². The number of nitrogens with one attached hydrogen (secondary N) is 1. The van der Waals surface area contributed by atoms with Crippen LogP contribution in [0.5, 0.6) is 5.75 Å². The molecule has 0 unspecified atom stereocenters. The molecule has 2 aromatic heterocycles. The van der Waals surface area contributed by atoms with Crippen LogP contribution in [0.3, 0.4) is 0 Å². The summed E-state index contributed by atoms with van der Waals surface area (Å²) in [4.78, 5) is 20.3. The first-order valence-electron chi connectivity index (χ1n) is 6.43. The third-order valence-electron chi connectivity index (χ3n) is 2.49. The second-order valence-electron chi connectivity index (χ2n) is 4.73. The molecule has 0 saturated heterocycles. The van der Waals surface area contributed by atoms with Crippen LogP contribution in [-0.4, -0.2) is 22.0 Å². The van der Waals surface area contributed by atoms with Gasteiger partial charge in [-0.15, -0.1) is 0 Å². The van der Waals surface area contributed by atoms with Crippen molar-refractivity contribution in [1.29, 1.82) is 0 Å². The molecule has 0 aliphatic carbocycles. The molecule has 0 spiro atoms. The lowest BCUT2D eigenvalue weighted by Gasteiger charge is -2.10. The molecule has 0 atom stereocenters. The van der Waals surface area contributed by atoms with Crippen LogP contribution in [0.15, 0.2) is 36.5 Å². The Bertz CT molecular complexity index is 594. The Morgan fingerprint density at radius 1 is 1.25 bits per heavy atom. The fourth-order valence-electron chi connectivity index (χ4n) is 1.60. The molecule has 104 valence electrons. The topological polar surface area (TPSA) is 64.1 Å². The number of ether oxygens (including phenoxy) is 1. The molecule has 0 fully saturated rings. The maximum Gasteiger partial charge on any atom is 0.362 e. The molecule has 0 aliphatic rings. The van der Waals surface area contributed by atoms with E-state index in [4.69, 9.17) is 4.74 Å². The average Bonchev–Trinajstić information content (AvgIpc) is 2.41. The maximum absolute atomic E-state index is 12.0. The highest BCUT2D eigenvalue weighted by Crippen LogP contribution is 2.12. The van der Waals surface area contributed by atoms with Crippen LogP contribution in [0.2, 0.25) is 0 Å². The monoisotopic (exact) mass is 271 g/mol. The van der Waals surface area contributed by atoms with Gasteiger partial charge in [-0.05, 0) is 45.0 Å². The summed E-state index contributed by atoms with van der Waals surface area (Å²) in [6, 6.07) is 8.93. The van der Waals surface area contributed by atoms with Crippen molar-refractivity contribution in [3.63, 3.8) is 0 Å². The van der Waals surface area contributed by atoms with Gasteiger partial charge in [0.25, 0.3) is 0 Å². The highest BCUT2D eigenvalue weighted by molar-refractivity contribution is 5.89. The van der Waals surface area contributed by atoms with Gasteiger partial charge in [0.15, 0.2) is 5.69 Å². The molecule has 5 nitrogen and oxygen atoms in total. The lowest BCUT2D eigenvalue weighted by atomic mass is 10.3. The number of pyridine rings is 2. The number of nitrogens with zero attached hydrogens (tertiary/aromatic N) is 2. The van der Waals surface area contributed by atoms with E-state index in [0.29, 0.717) is 11.6 Å². The molecule has 0 amide bonds. The van der Waals surface area contributed by atoms with Gasteiger partial charge in [-0.1, -0.05) is 6.07 Å². The Hall–Kier alpha value is -2.43. The molecule has 20 heavy (non-hydrogen) atoms. The third kappa shape index (κ3) is 3.78. The minimum absolute atomic E-state index is 0.245. The molecule has 5 heteroatoms. The van der Waals surface area contributed by atoms with Crippen molar-refractivity contribution in [3.05, 3.63) is 47.9 Å². The van der Waals surface area contributed by atoms with E-state index in [2.05, 4.69) is 15.3 Å². The summed E-state index contributed by atoms with van der Waals surface area (Å²) in [5, 5.41) is 3.14. The second kappa shape index (κ2) is 6.14. The number of aromatic nitrogens is 2. The standard InChI is InChI=1S/C15H17N3O2/c1-10(2)17-14-6-4-5-13(18-14)15(19)20-12-8-7-11(3)16-9-12/h4-10H,1-3H3,(H,17,18). The Morgan fingerprint density at radius 3 is 2.70 bits per heavy atom. The number of rotatable bonds is 4. The molecule has 0 radical (unpaired) electrons. The van der Waals surface area contributed by atoms with Crippen molar-refractivity contribution in [1.82, 2.24) is 9.97 Å². The highest BCUT2D eigenvalue weighted by atomic mass is 16.5. The molecule has 0 aromatic carbocycles. The van der Waals surface area contributed by atoms with E-state index in [1.54, 1.807) is 24.3 Å². The third-order valence-corrected chi connectivity index (χ3v) is 2.49. The summed E-state index contributed by atoms with van der Waals surface area (Å²) in [5.74, 6) is 0.559. The molecule has 1 N–H and O–H groups in total. The van der Waals surface area contributed by atoms with Gasteiger partial charge in [0, 0.05) is 11.7 Å². The molecule has 2 heterocycles. The van der Waals surface area contributed by atoms with Gasteiger partial charge in [0.2, 0.25) is 0 Å². The summed E-state index contributed by atoms with van der Waals surface area (Å²) >= 11 is 0. The molecule has 0 bridgehead atoms. The molecule has 0 aliphatic heterocycles. The number of carbonyl (C=O) groups excluding carboxylic acids is 1. The summed E-state index contributed by atoms with van der Waals surface area (Å²) < 4.78 is 5.22. The minimum atomic E-state index is -0.497. The van der Waals surface area contributed by atoms with Crippen LogP contribution in [0.1, 0.15) is 30.0 Å². The van der Waals surface area contributed by atoms with E-state index in [0.717, 1.165) is 5.69 Å². The SMILES string of the molecule is Cc1ccc(OC(=O)c2cccc(NC(C)C)n2)cn1. The van der Waals surface area contributed by atoms with E-state index in [1.807, 2.05) is 26.8 Å². The van der Waals surface area contributed by atoms with Gasteiger partial charge in [0.05, 0.1) is 6.20 Å². The molecular weight excluding hydrogens is 254 g/mol. The first kappa shape index (κ1) is 14.0. The van der Waals surface area contributed by atoms with Crippen LogP contribution >= 0.6 is 0 Å². The zero-order valence-corrected chi connectivity index (χ0v) is 11.8. The van der Waals surface area contributed by atoms with Crippen LogP contribution < -0.4 is 10.1 Å². The quantitative estimate of drug-likeness (QED) is 0.866. The fourth-order valence-corrected chi connectivity index (χ4v) is 1.60. The van der Waals surface area contributed by atoms with E-state index < -0.39 is 5.97 Å². The van der Waals surface area contributed by atoms with Gasteiger partial charge < -0.3 is 10.1 Å². The van der Waals surface area contributed by atoms with Gasteiger partial charge in [-0.3, -0.25) is 4.98 Å². The fraction of sp³-hybridized carbons (Fsp3) is 0.267. The van der Waals surface area contributed by atoms with Crippen LogP contribution in [0, 0.1) is 6.92 Å². The Balaban J connectivity index is 2.10. The molecule has 2 rings (SSSR count). The number of esters is 1. The normalized spacial score (nSPS) is 10.4. The first-order chi connectivity index (χ1) is 9.54. The number of hydrogen-bond acceptors (Lipinski definition) is 5. The van der Waals surface area contributed by atoms with E-state index in [9.17, 15) is 4.79 Å². The van der Waals surface area contributed by atoms with E-state index in [-0.39, 0.29) is 11.7 Å². The van der Waals surface area contributed by atoms with Crippen molar-refractivity contribution < 1.29 is 9.53 Å². The summed E-state index contributed by atoms with van der Waals surface area (Å²) in [7, 11) is 0. The Labute approximate surface area is 118 Å². The zero-order chi connectivity index (χ0) is 14.5. The largest absolute Gasteiger partial charge is 0.420 e. The Morgan fingerprint density at radius 2 is 2.05 bits per heavy atom. The molecule has 0 saturated carbocycles. The molecule has 2 aromatic rings. The summed E-state index contributed by atoms with van der Waals surface area (Å²) in [5.41, 5.74) is 1.13. The van der Waals surface area contributed by atoms with Gasteiger partial charge >= 0.3 is 5.97 Å². The second-order valence-corrected chi connectivity index (χ2v) is 4.73. The minimum Gasteiger partial charge on any atom is -0.420 e. The van der Waals surface area contributed by atoms with Crippen molar-refractivity contribution in [2.45, 2.75) is 26.8 Å². The van der Waals surface area contributed by atoms with Crippen molar-refractivity contribution >= 4 is 11.8 Å². The number of carbonyl (C=O) groups is 1.